The minimum absolute atomic E-state index is 0.302. The lowest BCUT2D eigenvalue weighted by molar-refractivity contribution is 0.234. The molecule has 0 amide bonds. The Hall–Kier alpha value is -0.610. The summed E-state index contributed by atoms with van der Waals surface area (Å²) in [5.74, 6) is 0.302. The van der Waals surface area contributed by atoms with Crippen molar-refractivity contribution in [2.45, 2.75) is 25.3 Å². The van der Waals surface area contributed by atoms with Crippen LogP contribution in [0.5, 0.6) is 0 Å². The monoisotopic (exact) mass is 196 g/mol. The lowest BCUT2D eigenvalue weighted by Gasteiger charge is -2.24. The van der Waals surface area contributed by atoms with Gasteiger partial charge in [0.25, 0.3) is 0 Å². The van der Waals surface area contributed by atoms with Crippen LogP contribution in [0.4, 0.5) is 0 Å². The number of amidine groups is 1. The molecule has 0 aliphatic carbocycles. The molecule has 14 heavy (non-hydrogen) atoms. The van der Waals surface area contributed by atoms with Gasteiger partial charge in [0.05, 0.1) is 6.54 Å². The fourth-order valence-corrected chi connectivity index (χ4v) is 2.67. The van der Waals surface area contributed by atoms with Gasteiger partial charge in [0, 0.05) is 12.6 Å². The van der Waals surface area contributed by atoms with Crippen molar-refractivity contribution >= 4 is 5.84 Å². The van der Waals surface area contributed by atoms with Crippen LogP contribution in [0.15, 0.2) is 0 Å². The molecule has 80 valence electrons. The SMILES string of the molecule is N=C(N)CN1CCCN2CCCC2C1. The van der Waals surface area contributed by atoms with Crippen molar-refractivity contribution in [2.75, 3.05) is 32.7 Å². The van der Waals surface area contributed by atoms with E-state index in [-0.39, 0.29) is 0 Å². The second-order valence-electron chi connectivity index (χ2n) is 4.45. The largest absolute Gasteiger partial charge is 0.387 e. The van der Waals surface area contributed by atoms with Crippen LogP contribution in [0.25, 0.3) is 0 Å². The molecule has 4 nitrogen and oxygen atoms in total. The van der Waals surface area contributed by atoms with E-state index in [1.54, 1.807) is 0 Å². The van der Waals surface area contributed by atoms with Crippen molar-refractivity contribution in [2.24, 2.45) is 5.73 Å². The summed E-state index contributed by atoms with van der Waals surface area (Å²) in [4.78, 5) is 4.93. The smallest absolute Gasteiger partial charge is 0.105 e. The summed E-state index contributed by atoms with van der Waals surface area (Å²) in [6.07, 6.45) is 3.90. The van der Waals surface area contributed by atoms with Gasteiger partial charge < -0.3 is 5.73 Å². The summed E-state index contributed by atoms with van der Waals surface area (Å²) >= 11 is 0. The van der Waals surface area contributed by atoms with Gasteiger partial charge in [0.15, 0.2) is 0 Å². The highest BCUT2D eigenvalue weighted by Gasteiger charge is 2.28. The van der Waals surface area contributed by atoms with Crippen LogP contribution in [0, 0.1) is 5.41 Å². The molecule has 1 unspecified atom stereocenters. The van der Waals surface area contributed by atoms with Gasteiger partial charge in [-0.2, -0.15) is 0 Å². The maximum atomic E-state index is 7.31. The number of nitrogens with one attached hydrogen (secondary N) is 1. The molecule has 2 aliphatic rings. The number of hydrogen-bond acceptors (Lipinski definition) is 3. The van der Waals surface area contributed by atoms with E-state index in [4.69, 9.17) is 11.1 Å². The van der Waals surface area contributed by atoms with Gasteiger partial charge in [-0.15, -0.1) is 0 Å². The highest BCUT2D eigenvalue weighted by Crippen LogP contribution is 2.20. The van der Waals surface area contributed by atoms with Gasteiger partial charge in [0.1, 0.15) is 5.84 Å². The average Bonchev–Trinajstić information content (AvgIpc) is 2.44. The molecular formula is C10H20N4. The van der Waals surface area contributed by atoms with Crippen molar-refractivity contribution in [3.05, 3.63) is 0 Å². The third-order valence-electron chi connectivity index (χ3n) is 3.28. The summed E-state index contributed by atoms with van der Waals surface area (Å²) in [5, 5.41) is 7.31. The molecule has 1 atom stereocenters. The zero-order valence-corrected chi connectivity index (χ0v) is 8.71. The molecule has 2 saturated heterocycles. The average molecular weight is 196 g/mol. The van der Waals surface area contributed by atoms with Crippen LogP contribution < -0.4 is 5.73 Å². The van der Waals surface area contributed by atoms with Crippen LogP contribution in [-0.4, -0.2) is 54.4 Å². The Morgan fingerprint density at radius 1 is 1.29 bits per heavy atom. The Bertz CT molecular complexity index is 216. The van der Waals surface area contributed by atoms with Crippen molar-refractivity contribution < 1.29 is 0 Å². The van der Waals surface area contributed by atoms with Gasteiger partial charge in [0.2, 0.25) is 0 Å². The lowest BCUT2D eigenvalue weighted by atomic mass is 10.2. The van der Waals surface area contributed by atoms with Gasteiger partial charge in [-0.3, -0.25) is 15.2 Å². The number of nitrogens with zero attached hydrogens (tertiary/aromatic N) is 2. The molecule has 4 heteroatoms. The quantitative estimate of drug-likeness (QED) is 0.486. The number of rotatable bonds is 2. The lowest BCUT2D eigenvalue weighted by Crippen LogP contribution is -2.40. The fraction of sp³-hybridized carbons (Fsp3) is 0.900. The van der Waals surface area contributed by atoms with Crippen molar-refractivity contribution in [3.63, 3.8) is 0 Å². The predicted molar refractivity (Wildman–Crippen MR) is 57.6 cm³/mol. The summed E-state index contributed by atoms with van der Waals surface area (Å²) < 4.78 is 0. The van der Waals surface area contributed by atoms with E-state index in [9.17, 15) is 0 Å². The van der Waals surface area contributed by atoms with Gasteiger partial charge >= 0.3 is 0 Å². The Kier molecular flexibility index (Phi) is 3.03. The standard InChI is InChI=1S/C10H20N4/c11-10(12)8-13-4-2-6-14-5-1-3-9(14)7-13/h9H,1-8H2,(H3,11,12). The van der Waals surface area contributed by atoms with E-state index in [1.165, 1.54) is 32.4 Å². The topological polar surface area (TPSA) is 56.4 Å². The van der Waals surface area contributed by atoms with E-state index in [2.05, 4.69) is 9.80 Å². The Balaban J connectivity index is 1.91. The molecule has 0 aromatic heterocycles. The van der Waals surface area contributed by atoms with Crippen LogP contribution in [0.3, 0.4) is 0 Å². The molecule has 2 aliphatic heterocycles. The molecule has 0 bridgehead atoms. The molecule has 0 aromatic carbocycles. The van der Waals surface area contributed by atoms with Crippen LogP contribution in [0.1, 0.15) is 19.3 Å². The van der Waals surface area contributed by atoms with Gasteiger partial charge in [-0.05, 0) is 38.9 Å². The molecule has 2 fully saturated rings. The first-order chi connectivity index (χ1) is 6.75. The maximum absolute atomic E-state index is 7.31. The first-order valence-electron chi connectivity index (χ1n) is 5.55. The summed E-state index contributed by atoms with van der Waals surface area (Å²) in [5.41, 5.74) is 5.44. The van der Waals surface area contributed by atoms with Crippen LogP contribution >= 0.6 is 0 Å². The van der Waals surface area contributed by atoms with E-state index >= 15 is 0 Å². The van der Waals surface area contributed by atoms with Crippen molar-refractivity contribution in [1.82, 2.24) is 9.80 Å². The molecule has 0 spiro atoms. The zero-order chi connectivity index (χ0) is 9.97. The predicted octanol–water partition coefficient (Wildman–Crippen LogP) is 0.0925. The Labute approximate surface area is 85.6 Å². The van der Waals surface area contributed by atoms with Gasteiger partial charge in [-0.1, -0.05) is 0 Å². The van der Waals surface area contributed by atoms with Crippen molar-refractivity contribution in [3.8, 4) is 0 Å². The summed E-state index contributed by atoms with van der Waals surface area (Å²) in [6, 6.07) is 0.733. The minimum Gasteiger partial charge on any atom is -0.387 e. The van der Waals surface area contributed by atoms with E-state index < -0.39 is 0 Å². The van der Waals surface area contributed by atoms with E-state index in [0.717, 1.165) is 19.1 Å². The highest BCUT2D eigenvalue weighted by molar-refractivity contribution is 5.78. The van der Waals surface area contributed by atoms with E-state index in [1.807, 2.05) is 0 Å². The van der Waals surface area contributed by atoms with Crippen molar-refractivity contribution in [1.29, 1.82) is 5.41 Å². The van der Waals surface area contributed by atoms with Crippen LogP contribution in [-0.2, 0) is 0 Å². The highest BCUT2D eigenvalue weighted by atomic mass is 15.3. The zero-order valence-electron chi connectivity index (χ0n) is 8.71. The molecule has 0 aromatic rings. The number of hydrogen-bond donors (Lipinski definition) is 2. The molecule has 2 rings (SSSR count). The molecule has 0 radical (unpaired) electrons. The Morgan fingerprint density at radius 3 is 2.86 bits per heavy atom. The summed E-state index contributed by atoms with van der Waals surface area (Å²) in [6.45, 7) is 5.38. The molecule has 0 saturated carbocycles. The third-order valence-corrected chi connectivity index (χ3v) is 3.28. The third kappa shape index (κ3) is 2.25. The van der Waals surface area contributed by atoms with Crippen LogP contribution in [0.2, 0.25) is 0 Å². The minimum atomic E-state index is 0.302. The first-order valence-corrected chi connectivity index (χ1v) is 5.55. The summed E-state index contributed by atoms with van der Waals surface area (Å²) in [7, 11) is 0. The number of fused-ring (bicyclic) bond motifs is 1. The molecular weight excluding hydrogens is 176 g/mol. The van der Waals surface area contributed by atoms with Gasteiger partial charge in [-0.25, -0.2) is 0 Å². The normalized spacial score (nSPS) is 29.9. The first kappa shape index (κ1) is 9.93. The second-order valence-corrected chi connectivity index (χ2v) is 4.45. The fourth-order valence-electron chi connectivity index (χ4n) is 2.67. The Morgan fingerprint density at radius 2 is 2.07 bits per heavy atom. The number of nitrogens with two attached hydrogens (primary N) is 1. The molecule has 3 N–H and O–H groups in total. The molecule has 2 heterocycles. The second kappa shape index (κ2) is 4.28. The van der Waals surface area contributed by atoms with E-state index in [0.29, 0.717) is 12.4 Å². The maximum Gasteiger partial charge on any atom is 0.105 e.